The van der Waals surface area contributed by atoms with Crippen molar-refractivity contribution in [3.63, 3.8) is 0 Å². The first-order valence-electron chi connectivity index (χ1n) is 5.97. The third-order valence-electron chi connectivity index (χ3n) is 2.58. The molecule has 0 atom stereocenters. The lowest BCUT2D eigenvalue weighted by Gasteiger charge is -2.03. The molecule has 2 rings (SSSR count). The summed E-state index contributed by atoms with van der Waals surface area (Å²) in [6.45, 7) is 0.192. The predicted octanol–water partition coefficient (Wildman–Crippen LogP) is 0.0774. The number of hydrogen-bond donors (Lipinski definition) is 0. The Morgan fingerprint density at radius 3 is 2.67 bits per heavy atom. The van der Waals surface area contributed by atoms with Gasteiger partial charge in [0.05, 0.1) is 10.2 Å². The summed E-state index contributed by atoms with van der Waals surface area (Å²) < 4.78 is 10.5. The molecule has 0 aliphatic rings. The Kier molecular flexibility index (Phi) is 4.44. The van der Waals surface area contributed by atoms with Gasteiger partial charge in [0.1, 0.15) is 19.0 Å². The molecule has 0 fully saturated rings. The zero-order valence-corrected chi connectivity index (χ0v) is 10.8. The van der Waals surface area contributed by atoms with E-state index < -0.39 is 16.8 Å². The Morgan fingerprint density at radius 2 is 2.10 bits per heavy atom. The van der Waals surface area contributed by atoms with E-state index in [2.05, 4.69) is 9.79 Å². The lowest BCUT2D eigenvalue weighted by atomic mass is 10.2. The average molecular weight is 293 g/mol. The number of aryl methyl sites for hydroxylation is 1. The molecule has 0 N–H and O–H groups in total. The first kappa shape index (κ1) is 14.4. The number of hydrogen-bond acceptors (Lipinski definition) is 7. The van der Waals surface area contributed by atoms with Crippen LogP contribution in [0.1, 0.15) is 12.0 Å². The zero-order valence-electron chi connectivity index (χ0n) is 10.8. The number of ether oxygens (including phenoxy) is 1. The molecule has 0 unspecified atom stereocenters. The van der Waals surface area contributed by atoms with Crippen LogP contribution < -0.4 is 9.79 Å². The lowest BCUT2D eigenvalue weighted by molar-refractivity contribution is -0.761. The maximum absolute atomic E-state index is 11.5. The van der Waals surface area contributed by atoms with Crippen molar-refractivity contribution in [2.24, 2.45) is 0 Å². The molecule has 0 amide bonds. The number of carbonyl (C=O) groups is 1. The first-order valence-corrected chi connectivity index (χ1v) is 5.97. The molecule has 0 aliphatic heterocycles. The van der Waals surface area contributed by atoms with Crippen LogP contribution in [0, 0.1) is 10.1 Å². The van der Waals surface area contributed by atoms with Crippen LogP contribution in [0.15, 0.2) is 35.0 Å². The number of carbonyl (C=O) groups excluding carboxylic acids is 1. The topological polar surface area (TPSA) is 122 Å². The van der Waals surface area contributed by atoms with E-state index >= 15 is 0 Å². The summed E-state index contributed by atoms with van der Waals surface area (Å²) >= 11 is 0. The number of nitrogens with zero attached hydrogens (tertiary/aromatic N) is 3. The molecular weight excluding hydrogens is 282 g/mol. The minimum atomic E-state index is -0.589. The van der Waals surface area contributed by atoms with Crippen LogP contribution in [0.25, 0.3) is 0 Å². The summed E-state index contributed by atoms with van der Waals surface area (Å²) in [5.41, 5.74) is 0.616. The number of rotatable bonds is 6. The predicted molar refractivity (Wildman–Crippen MR) is 63.7 cm³/mol. The standard InChI is InChI=1S/C12H11N3O6/c16-11(5-6-14-7-12(17)21-13-14)20-8-9-1-3-10(4-2-9)15(18)19/h1-4,7H,5-6,8H2. The highest BCUT2D eigenvalue weighted by molar-refractivity contribution is 5.69. The smallest absolute Gasteiger partial charge is 0.312 e. The summed E-state index contributed by atoms with van der Waals surface area (Å²) in [5, 5.41) is 24.6. The van der Waals surface area contributed by atoms with Crippen molar-refractivity contribution >= 4 is 11.7 Å². The number of esters is 1. The maximum atomic E-state index is 11.5. The second-order valence-electron chi connectivity index (χ2n) is 4.12. The minimum absolute atomic E-state index is 0.0209. The van der Waals surface area contributed by atoms with E-state index in [4.69, 9.17) is 4.74 Å². The van der Waals surface area contributed by atoms with Crippen molar-refractivity contribution in [1.82, 2.24) is 5.27 Å². The van der Waals surface area contributed by atoms with E-state index in [9.17, 15) is 20.0 Å². The first-order chi connectivity index (χ1) is 10.0. The highest BCUT2D eigenvalue weighted by Crippen LogP contribution is 2.12. The molecule has 9 nitrogen and oxygen atoms in total. The van der Waals surface area contributed by atoms with Crippen molar-refractivity contribution in [2.75, 3.05) is 0 Å². The monoisotopic (exact) mass is 293 g/mol. The number of nitro benzene ring substituents is 1. The molecular formula is C12H11N3O6. The summed E-state index contributed by atoms with van der Waals surface area (Å²) in [4.78, 5) is 21.5. The fourth-order valence-electron chi connectivity index (χ4n) is 1.52. The van der Waals surface area contributed by atoms with Gasteiger partial charge in [-0.2, -0.15) is 0 Å². The molecule has 1 heterocycles. The van der Waals surface area contributed by atoms with Gasteiger partial charge in [-0.1, -0.05) is 4.68 Å². The van der Waals surface area contributed by atoms with Gasteiger partial charge in [0.15, 0.2) is 6.54 Å². The molecule has 0 spiro atoms. The molecule has 0 aliphatic carbocycles. The van der Waals surface area contributed by atoms with Gasteiger partial charge in [0.2, 0.25) is 6.20 Å². The maximum Gasteiger partial charge on any atom is 0.312 e. The molecule has 0 saturated heterocycles. The van der Waals surface area contributed by atoms with E-state index in [1.807, 2.05) is 0 Å². The normalized spacial score (nSPS) is 10.3. The molecule has 2 aromatic rings. The van der Waals surface area contributed by atoms with Crippen LogP contribution in [0.4, 0.5) is 5.69 Å². The number of aromatic nitrogens is 2. The van der Waals surface area contributed by atoms with Gasteiger partial charge in [-0.3, -0.25) is 14.9 Å². The van der Waals surface area contributed by atoms with Crippen LogP contribution in [-0.4, -0.2) is 16.2 Å². The molecule has 0 radical (unpaired) electrons. The zero-order chi connectivity index (χ0) is 15.2. The van der Waals surface area contributed by atoms with Gasteiger partial charge in [0, 0.05) is 12.1 Å². The van der Waals surface area contributed by atoms with Gasteiger partial charge in [-0.25, -0.2) is 0 Å². The van der Waals surface area contributed by atoms with Crippen molar-refractivity contribution in [3.8, 4) is 5.95 Å². The van der Waals surface area contributed by atoms with Gasteiger partial charge < -0.3 is 14.4 Å². The largest absolute Gasteiger partial charge is 0.539 e. The molecule has 110 valence electrons. The van der Waals surface area contributed by atoms with E-state index in [1.165, 1.54) is 28.9 Å². The average Bonchev–Trinajstić information content (AvgIpc) is 2.89. The van der Waals surface area contributed by atoms with Crippen molar-refractivity contribution in [1.29, 1.82) is 0 Å². The van der Waals surface area contributed by atoms with Crippen molar-refractivity contribution in [2.45, 2.75) is 19.6 Å². The fourth-order valence-corrected chi connectivity index (χ4v) is 1.52. The minimum Gasteiger partial charge on any atom is -0.539 e. The summed E-state index contributed by atoms with van der Waals surface area (Å²) in [6.07, 6.45) is 1.16. The Labute approximate surface area is 118 Å². The van der Waals surface area contributed by atoms with Gasteiger partial charge in [-0.15, -0.1) is 0 Å². The van der Waals surface area contributed by atoms with Gasteiger partial charge in [0.25, 0.3) is 5.69 Å². The quantitative estimate of drug-likeness (QED) is 0.320. The van der Waals surface area contributed by atoms with Crippen LogP contribution in [-0.2, 0) is 22.7 Å². The van der Waals surface area contributed by atoms with Crippen LogP contribution in [0.5, 0.6) is 5.95 Å². The van der Waals surface area contributed by atoms with Crippen LogP contribution in [0.2, 0.25) is 0 Å². The second kappa shape index (κ2) is 6.46. The Bertz CT molecular complexity index is 637. The third-order valence-corrected chi connectivity index (χ3v) is 2.58. The highest BCUT2D eigenvalue weighted by Gasteiger charge is 2.11. The van der Waals surface area contributed by atoms with E-state index in [-0.39, 0.29) is 25.3 Å². The number of benzene rings is 1. The molecule has 1 aromatic carbocycles. The van der Waals surface area contributed by atoms with Gasteiger partial charge >= 0.3 is 5.97 Å². The van der Waals surface area contributed by atoms with Crippen molar-refractivity contribution < 1.29 is 28.8 Å². The highest BCUT2D eigenvalue weighted by atomic mass is 16.6. The lowest BCUT2D eigenvalue weighted by Crippen LogP contribution is -2.36. The number of nitro groups is 1. The Morgan fingerprint density at radius 1 is 1.38 bits per heavy atom. The van der Waals surface area contributed by atoms with E-state index in [1.54, 1.807) is 0 Å². The molecule has 21 heavy (non-hydrogen) atoms. The molecule has 1 aromatic heterocycles. The summed E-state index contributed by atoms with van der Waals surface area (Å²) in [5.74, 6) is -1.06. The number of non-ortho nitro benzene ring substituents is 1. The summed E-state index contributed by atoms with van der Waals surface area (Å²) in [7, 11) is 0. The van der Waals surface area contributed by atoms with E-state index in [0.717, 1.165) is 6.20 Å². The van der Waals surface area contributed by atoms with Crippen molar-refractivity contribution in [3.05, 3.63) is 46.1 Å². The third kappa shape index (κ3) is 4.27. The van der Waals surface area contributed by atoms with Crippen LogP contribution >= 0.6 is 0 Å². The SMILES string of the molecule is O=C(CC[n+]1cc([O-])on1)OCc1ccc([N+](=O)[O-])cc1. The molecule has 0 saturated carbocycles. The fraction of sp³-hybridized carbons (Fsp3) is 0.250. The van der Waals surface area contributed by atoms with Gasteiger partial charge in [-0.05, 0) is 17.7 Å². The van der Waals surface area contributed by atoms with Crippen LogP contribution in [0.3, 0.4) is 0 Å². The van der Waals surface area contributed by atoms with E-state index in [0.29, 0.717) is 5.56 Å². The second-order valence-corrected chi connectivity index (χ2v) is 4.12. The summed E-state index contributed by atoms with van der Waals surface area (Å²) in [6, 6.07) is 5.71. The molecule has 0 bridgehead atoms. The Hall–Kier alpha value is -2.97. The Balaban J connectivity index is 1.77. The molecule has 9 heteroatoms.